The van der Waals surface area contributed by atoms with Crippen LogP contribution in [0.5, 0.6) is 0 Å². The van der Waals surface area contributed by atoms with Crippen LogP contribution in [0.15, 0.2) is 45.8 Å². The van der Waals surface area contributed by atoms with E-state index >= 15 is 0 Å². The van der Waals surface area contributed by atoms with Gasteiger partial charge in [-0.25, -0.2) is 9.97 Å². The summed E-state index contributed by atoms with van der Waals surface area (Å²) in [6.45, 7) is 3.73. The fourth-order valence-electron chi connectivity index (χ4n) is 2.67. The van der Waals surface area contributed by atoms with Crippen molar-refractivity contribution in [2.24, 2.45) is 0 Å². The number of rotatable bonds is 4. The first-order valence-electron chi connectivity index (χ1n) is 8.26. The molecule has 0 bridgehead atoms. The Morgan fingerprint density at radius 1 is 1.15 bits per heavy atom. The molecule has 9 heteroatoms. The van der Waals surface area contributed by atoms with Gasteiger partial charge in [-0.1, -0.05) is 5.16 Å². The van der Waals surface area contributed by atoms with Gasteiger partial charge in [0.15, 0.2) is 11.5 Å². The molecule has 3 aromatic rings. The lowest BCUT2D eigenvalue weighted by Crippen LogP contribution is -2.45. The van der Waals surface area contributed by atoms with Gasteiger partial charge >= 0.3 is 0 Å². The van der Waals surface area contributed by atoms with Gasteiger partial charge in [0.05, 0.1) is 24.3 Å². The summed E-state index contributed by atoms with van der Waals surface area (Å²) < 4.78 is 10.3. The van der Waals surface area contributed by atoms with Gasteiger partial charge in [-0.3, -0.25) is 4.79 Å². The van der Waals surface area contributed by atoms with Crippen molar-refractivity contribution in [1.82, 2.24) is 20.0 Å². The highest BCUT2D eigenvalue weighted by Gasteiger charge is 2.18. The monoisotopic (exact) mass is 354 g/mol. The van der Waals surface area contributed by atoms with Crippen LogP contribution in [0.2, 0.25) is 0 Å². The first-order valence-corrected chi connectivity index (χ1v) is 8.26. The molecule has 1 aliphatic heterocycles. The van der Waals surface area contributed by atoms with Gasteiger partial charge < -0.3 is 24.1 Å². The Morgan fingerprint density at radius 2 is 1.92 bits per heavy atom. The minimum atomic E-state index is -0.400. The summed E-state index contributed by atoms with van der Waals surface area (Å²) in [5.74, 6) is 1.17. The van der Waals surface area contributed by atoms with Crippen molar-refractivity contribution in [2.45, 2.75) is 0 Å². The van der Waals surface area contributed by atoms with Crippen molar-refractivity contribution >= 4 is 17.5 Å². The number of nitrogens with zero attached hydrogens (tertiary/aromatic N) is 5. The van der Waals surface area contributed by atoms with Crippen molar-refractivity contribution in [3.05, 3.63) is 42.5 Å². The molecule has 1 N–H and O–H groups in total. The SMILES string of the molecule is CN1CCN(c2ncc(NC(=O)c3cc(-c4ccco4)on3)cn2)CC1. The fraction of sp³-hybridized carbons (Fsp3) is 0.294. The van der Waals surface area contributed by atoms with E-state index in [0.29, 0.717) is 23.2 Å². The van der Waals surface area contributed by atoms with Crippen LogP contribution >= 0.6 is 0 Å². The first-order chi connectivity index (χ1) is 12.7. The summed E-state index contributed by atoms with van der Waals surface area (Å²) in [5, 5.41) is 6.48. The summed E-state index contributed by atoms with van der Waals surface area (Å²) in [7, 11) is 2.10. The highest BCUT2D eigenvalue weighted by atomic mass is 16.5. The summed E-state index contributed by atoms with van der Waals surface area (Å²) in [5.41, 5.74) is 0.648. The van der Waals surface area contributed by atoms with E-state index in [1.54, 1.807) is 24.5 Å². The highest BCUT2D eigenvalue weighted by molar-refractivity contribution is 6.03. The van der Waals surface area contributed by atoms with Gasteiger partial charge in [0, 0.05) is 32.2 Å². The number of amides is 1. The van der Waals surface area contributed by atoms with Gasteiger partial charge in [0.2, 0.25) is 11.7 Å². The molecule has 1 saturated heterocycles. The quantitative estimate of drug-likeness (QED) is 0.756. The zero-order valence-electron chi connectivity index (χ0n) is 14.3. The van der Waals surface area contributed by atoms with Crippen LogP contribution in [0.1, 0.15) is 10.5 Å². The van der Waals surface area contributed by atoms with E-state index < -0.39 is 5.91 Å². The summed E-state index contributed by atoms with van der Waals surface area (Å²) in [4.78, 5) is 25.4. The van der Waals surface area contributed by atoms with Crippen LogP contribution in [-0.4, -0.2) is 59.2 Å². The largest absolute Gasteiger partial charge is 0.461 e. The van der Waals surface area contributed by atoms with E-state index in [-0.39, 0.29) is 5.69 Å². The number of hydrogen-bond donors (Lipinski definition) is 1. The molecule has 134 valence electrons. The number of aromatic nitrogens is 3. The molecule has 0 unspecified atom stereocenters. The lowest BCUT2D eigenvalue weighted by Gasteiger charge is -2.32. The molecule has 4 rings (SSSR count). The zero-order valence-corrected chi connectivity index (χ0v) is 14.3. The summed E-state index contributed by atoms with van der Waals surface area (Å²) in [6.07, 6.45) is 4.70. The molecule has 1 aliphatic rings. The molecule has 0 aromatic carbocycles. The van der Waals surface area contributed by atoms with Crippen molar-refractivity contribution in [2.75, 3.05) is 43.4 Å². The van der Waals surface area contributed by atoms with E-state index in [0.717, 1.165) is 26.2 Å². The highest BCUT2D eigenvalue weighted by Crippen LogP contribution is 2.21. The third-order valence-corrected chi connectivity index (χ3v) is 4.19. The molecular weight excluding hydrogens is 336 g/mol. The van der Waals surface area contributed by atoms with Crippen LogP contribution < -0.4 is 10.2 Å². The molecule has 4 heterocycles. The molecule has 0 radical (unpaired) electrons. The Morgan fingerprint density at radius 3 is 2.62 bits per heavy atom. The Balaban J connectivity index is 1.40. The van der Waals surface area contributed by atoms with E-state index in [1.165, 1.54) is 12.3 Å². The molecule has 0 saturated carbocycles. The van der Waals surface area contributed by atoms with Crippen molar-refractivity contribution < 1.29 is 13.7 Å². The molecule has 3 aromatic heterocycles. The van der Waals surface area contributed by atoms with E-state index in [9.17, 15) is 4.79 Å². The number of hydrogen-bond acceptors (Lipinski definition) is 8. The standard InChI is InChI=1S/C17H18N6O3/c1-22-4-6-23(7-5-22)17-18-10-12(11-19-17)20-16(24)13-9-15(26-21-13)14-3-2-8-25-14/h2-3,8-11H,4-7H2,1H3,(H,20,24). The molecule has 1 fully saturated rings. The minimum Gasteiger partial charge on any atom is -0.461 e. The maximum Gasteiger partial charge on any atom is 0.277 e. The van der Waals surface area contributed by atoms with Gasteiger partial charge in [0.25, 0.3) is 5.91 Å². The number of likely N-dealkylation sites (N-methyl/N-ethyl adjacent to an activating group) is 1. The predicted molar refractivity (Wildman–Crippen MR) is 93.9 cm³/mol. The number of anilines is 2. The van der Waals surface area contributed by atoms with E-state index in [1.807, 2.05) is 0 Å². The number of carbonyl (C=O) groups is 1. The smallest absolute Gasteiger partial charge is 0.277 e. The molecule has 26 heavy (non-hydrogen) atoms. The first kappa shape index (κ1) is 16.3. The second-order valence-corrected chi connectivity index (χ2v) is 6.07. The Labute approximate surface area is 149 Å². The molecular formula is C17H18N6O3. The maximum atomic E-state index is 12.3. The third-order valence-electron chi connectivity index (χ3n) is 4.19. The van der Waals surface area contributed by atoms with Crippen LogP contribution in [0.25, 0.3) is 11.5 Å². The van der Waals surface area contributed by atoms with Crippen molar-refractivity contribution in [3.8, 4) is 11.5 Å². The van der Waals surface area contributed by atoms with Gasteiger partial charge in [0.1, 0.15) is 0 Å². The average Bonchev–Trinajstić information content (AvgIpc) is 3.35. The van der Waals surface area contributed by atoms with Crippen molar-refractivity contribution in [1.29, 1.82) is 0 Å². The number of furan rings is 1. The predicted octanol–water partition coefficient (Wildman–Crippen LogP) is 1.73. The Kier molecular flexibility index (Phi) is 4.36. The summed E-state index contributed by atoms with van der Waals surface area (Å²) >= 11 is 0. The number of carbonyl (C=O) groups excluding carboxylic acids is 1. The van der Waals surface area contributed by atoms with Gasteiger partial charge in [-0.05, 0) is 19.2 Å². The minimum absolute atomic E-state index is 0.152. The Hall–Kier alpha value is -3.20. The van der Waals surface area contributed by atoms with E-state index in [4.69, 9.17) is 8.94 Å². The van der Waals surface area contributed by atoms with Gasteiger partial charge in [-0.15, -0.1) is 0 Å². The van der Waals surface area contributed by atoms with Crippen LogP contribution in [-0.2, 0) is 0 Å². The second kappa shape index (κ2) is 6.96. The zero-order chi connectivity index (χ0) is 17.9. The lowest BCUT2D eigenvalue weighted by atomic mass is 10.3. The van der Waals surface area contributed by atoms with Crippen molar-refractivity contribution in [3.63, 3.8) is 0 Å². The molecule has 9 nitrogen and oxygen atoms in total. The molecule has 0 aliphatic carbocycles. The number of piperazine rings is 1. The molecule has 1 amide bonds. The van der Waals surface area contributed by atoms with Crippen LogP contribution in [0, 0.1) is 0 Å². The number of nitrogens with one attached hydrogen (secondary N) is 1. The average molecular weight is 354 g/mol. The lowest BCUT2D eigenvalue weighted by molar-refractivity contribution is 0.101. The van der Waals surface area contributed by atoms with Crippen LogP contribution in [0.3, 0.4) is 0 Å². The van der Waals surface area contributed by atoms with Crippen LogP contribution in [0.4, 0.5) is 11.6 Å². The summed E-state index contributed by atoms with van der Waals surface area (Å²) in [6, 6.07) is 4.98. The molecule has 0 atom stereocenters. The normalized spacial score (nSPS) is 15.2. The van der Waals surface area contributed by atoms with Gasteiger partial charge in [-0.2, -0.15) is 0 Å². The third kappa shape index (κ3) is 3.42. The maximum absolute atomic E-state index is 12.3. The second-order valence-electron chi connectivity index (χ2n) is 6.07. The topological polar surface area (TPSA) is 101 Å². The van der Waals surface area contributed by atoms with E-state index in [2.05, 4.69) is 37.3 Å². The molecule has 0 spiro atoms. The Bertz CT molecular complexity index is 866. The fourth-order valence-corrected chi connectivity index (χ4v) is 2.67.